The summed E-state index contributed by atoms with van der Waals surface area (Å²) < 4.78 is 0. The first-order valence-electron chi connectivity index (χ1n) is 12.1. The second kappa shape index (κ2) is 9.30. The number of fused-ring (bicyclic) bond motifs is 2. The van der Waals surface area contributed by atoms with Gasteiger partial charge >= 0.3 is 0 Å². The molecular weight excluding hydrogens is 438 g/mol. The molecule has 0 aromatic heterocycles. The maximum Gasteiger partial charge on any atom is 0.254 e. The van der Waals surface area contributed by atoms with Crippen molar-refractivity contribution < 1.29 is 4.79 Å². The van der Waals surface area contributed by atoms with Gasteiger partial charge in [-0.3, -0.25) is 9.79 Å². The molecule has 1 amide bonds. The molecule has 0 saturated carbocycles. The van der Waals surface area contributed by atoms with Crippen molar-refractivity contribution in [2.75, 3.05) is 31.1 Å². The highest BCUT2D eigenvalue weighted by Crippen LogP contribution is 2.41. The normalized spacial score (nSPS) is 15.4. The lowest BCUT2D eigenvalue weighted by atomic mass is 10.0. The molecule has 0 unspecified atom stereocenters. The van der Waals surface area contributed by atoms with Crippen molar-refractivity contribution in [2.24, 2.45) is 4.99 Å². The number of piperazine rings is 1. The van der Waals surface area contributed by atoms with Gasteiger partial charge in [0.1, 0.15) is 0 Å². The van der Waals surface area contributed by atoms with Gasteiger partial charge in [0, 0.05) is 58.5 Å². The van der Waals surface area contributed by atoms with E-state index in [-0.39, 0.29) is 5.91 Å². The van der Waals surface area contributed by atoms with E-state index in [1.54, 1.807) is 11.8 Å². The second-order valence-electron chi connectivity index (χ2n) is 9.19. The molecule has 2 heterocycles. The van der Waals surface area contributed by atoms with E-state index in [2.05, 4.69) is 75.1 Å². The molecule has 4 nitrogen and oxygen atoms in total. The Balaban J connectivity index is 1.36. The number of carbonyl (C=O) groups is 1. The monoisotopic (exact) mass is 469 g/mol. The first kappa shape index (κ1) is 22.7. The van der Waals surface area contributed by atoms with Crippen molar-refractivity contribution in [3.05, 3.63) is 82.4 Å². The number of hydrogen-bond acceptors (Lipinski definition) is 4. The Morgan fingerprint density at radius 3 is 2.47 bits per heavy atom. The summed E-state index contributed by atoms with van der Waals surface area (Å²) in [4.78, 5) is 25.1. The van der Waals surface area contributed by atoms with Crippen LogP contribution in [0.2, 0.25) is 0 Å². The fourth-order valence-electron chi connectivity index (χ4n) is 4.79. The number of anilines is 1. The van der Waals surface area contributed by atoms with E-state index in [0.717, 1.165) is 54.5 Å². The van der Waals surface area contributed by atoms with Crippen molar-refractivity contribution in [1.82, 2.24) is 4.90 Å². The second-order valence-corrected chi connectivity index (χ2v) is 10.3. The Morgan fingerprint density at radius 2 is 1.71 bits per heavy atom. The Bertz CT molecular complexity index is 1290. The van der Waals surface area contributed by atoms with Crippen LogP contribution in [0, 0.1) is 20.8 Å². The van der Waals surface area contributed by atoms with Crippen LogP contribution >= 0.6 is 11.8 Å². The Kier molecular flexibility index (Phi) is 6.22. The van der Waals surface area contributed by atoms with Crippen LogP contribution in [0.4, 0.5) is 11.4 Å². The molecule has 0 bridgehead atoms. The number of benzene rings is 3. The first-order chi connectivity index (χ1) is 16.4. The summed E-state index contributed by atoms with van der Waals surface area (Å²) in [5.74, 6) is 0.0965. The Morgan fingerprint density at radius 1 is 0.941 bits per heavy atom. The standard InChI is InChI=1S/C29H31N3OS/c1-5-24-23-17-19(2)9-11-27(23)34-28-12-10-22(18-25(28)30-24)29(33)32-15-13-31(14-16-32)26-8-6-7-20(3)21(26)4/h6-12,17-18H,5,13-16H2,1-4H3. The Labute approximate surface area is 206 Å². The van der Waals surface area contributed by atoms with Crippen molar-refractivity contribution in [3.63, 3.8) is 0 Å². The molecule has 3 aromatic rings. The van der Waals surface area contributed by atoms with Crippen LogP contribution in [0.5, 0.6) is 0 Å². The number of rotatable bonds is 3. The molecule has 174 valence electrons. The lowest BCUT2D eigenvalue weighted by Crippen LogP contribution is -2.49. The van der Waals surface area contributed by atoms with E-state index < -0.39 is 0 Å². The summed E-state index contributed by atoms with van der Waals surface area (Å²) in [6, 6.07) is 19.0. The predicted octanol–water partition coefficient (Wildman–Crippen LogP) is 6.57. The summed E-state index contributed by atoms with van der Waals surface area (Å²) in [5, 5.41) is 0. The van der Waals surface area contributed by atoms with Crippen LogP contribution in [0.3, 0.4) is 0 Å². The number of hydrogen-bond donors (Lipinski definition) is 0. The average molecular weight is 470 g/mol. The van der Waals surface area contributed by atoms with Crippen LogP contribution in [0.1, 0.15) is 46.0 Å². The minimum Gasteiger partial charge on any atom is -0.368 e. The SMILES string of the molecule is CCC1=Nc2cc(C(=O)N3CCN(c4cccc(C)c4C)CC3)ccc2Sc2ccc(C)cc21. The summed E-state index contributed by atoms with van der Waals surface area (Å²) in [5.41, 5.74) is 9.06. The van der Waals surface area contributed by atoms with Crippen LogP contribution in [-0.2, 0) is 0 Å². The number of aryl methyl sites for hydroxylation is 2. The molecule has 0 radical (unpaired) electrons. The molecule has 1 fully saturated rings. The molecule has 5 heteroatoms. The predicted molar refractivity (Wildman–Crippen MR) is 142 cm³/mol. The quantitative estimate of drug-likeness (QED) is 0.435. The Hall–Kier alpha value is -3.05. The van der Waals surface area contributed by atoms with Crippen molar-refractivity contribution in [3.8, 4) is 0 Å². The number of nitrogens with zero attached hydrogens (tertiary/aromatic N) is 3. The molecule has 0 spiro atoms. The molecule has 2 aliphatic heterocycles. The van der Waals surface area contributed by atoms with Gasteiger partial charge in [-0.2, -0.15) is 0 Å². The smallest absolute Gasteiger partial charge is 0.254 e. The van der Waals surface area contributed by atoms with E-state index in [9.17, 15) is 4.79 Å². The fourth-order valence-corrected chi connectivity index (χ4v) is 5.79. The summed E-state index contributed by atoms with van der Waals surface area (Å²) in [6.07, 6.45) is 0.856. The average Bonchev–Trinajstić information content (AvgIpc) is 3.01. The van der Waals surface area contributed by atoms with Crippen molar-refractivity contribution >= 4 is 34.8 Å². The highest BCUT2D eigenvalue weighted by atomic mass is 32.2. The van der Waals surface area contributed by atoms with Gasteiger partial charge in [0.25, 0.3) is 5.91 Å². The summed E-state index contributed by atoms with van der Waals surface area (Å²) in [7, 11) is 0. The third-order valence-electron chi connectivity index (χ3n) is 6.95. The van der Waals surface area contributed by atoms with Crippen molar-refractivity contribution in [2.45, 2.75) is 43.9 Å². The van der Waals surface area contributed by atoms with Crippen LogP contribution < -0.4 is 4.90 Å². The zero-order chi connectivity index (χ0) is 23.8. The molecule has 34 heavy (non-hydrogen) atoms. The number of carbonyl (C=O) groups excluding carboxylic acids is 1. The minimum atomic E-state index is 0.0965. The van der Waals surface area contributed by atoms with Crippen LogP contribution in [0.15, 0.2) is 69.4 Å². The molecule has 0 N–H and O–H groups in total. The van der Waals surface area contributed by atoms with Gasteiger partial charge in [-0.05, 0) is 74.7 Å². The first-order valence-corrected chi connectivity index (χ1v) is 12.9. The van der Waals surface area contributed by atoms with Crippen LogP contribution in [0.25, 0.3) is 0 Å². The van der Waals surface area contributed by atoms with E-state index >= 15 is 0 Å². The zero-order valence-corrected chi connectivity index (χ0v) is 21.2. The van der Waals surface area contributed by atoms with Gasteiger partial charge in [0.05, 0.1) is 5.69 Å². The summed E-state index contributed by atoms with van der Waals surface area (Å²) >= 11 is 1.74. The minimum absolute atomic E-state index is 0.0965. The molecule has 5 rings (SSSR count). The van der Waals surface area contributed by atoms with E-state index in [4.69, 9.17) is 4.99 Å². The van der Waals surface area contributed by atoms with Gasteiger partial charge in [-0.25, -0.2) is 0 Å². The highest BCUT2D eigenvalue weighted by molar-refractivity contribution is 7.99. The van der Waals surface area contributed by atoms with Gasteiger partial charge in [-0.15, -0.1) is 0 Å². The highest BCUT2D eigenvalue weighted by Gasteiger charge is 2.25. The number of aliphatic imine (C=N–C) groups is 1. The lowest BCUT2D eigenvalue weighted by Gasteiger charge is -2.37. The molecule has 1 saturated heterocycles. The van der Waals surface area contributed by atoms with Crippen LogP contribution in [-0.4, -0.2) is 42.7 Å². The fraction of sp³-hybridized carbons (Fsp3) is 0.310. The molecule has 2 aliphatic rings. The van der Waals surface area contributed by atoms with E-state index in [1.807, 2.05) is 17.0 Å². The van der Waals surface area contributed by atoms with E-state index in [1.165, 1.54) is 32.8 Å². The van der Waals surface area contributed by atoms with E-state index in [0.29, 0.717) is 0 Å². The molecule has 0 aliphatic carbocycles. The van der Waals surface area contributed by atoms with Gasteiger partial charge in [0.15, 0.2) is 0 Å². The third-order valence-corrected chi connectivity index (χ3v) is 8.09. The van der Waals surface area contributed by atoms with Gasteiger partial charge in [0.2, 0.25) is 0 Å². The van der Waals surface area contributed by atoms with Gasteiger partial charge < -0.3 is 9.80 Å². The molecular formula is C29H31N3OS. The molecule has 3 aromatic carbocycles. The topological polar surface area (TPSA) is 35.9 Å². The van der Waals surface area contributed by atoms with Gasteiger partial charge in [-0.1, -0.05) is 42.4 Å². The number of amides is 1. The van der Waals surface area contributed by atoms with Crippen molar-refractivity contribution in [1.29, 1.82) is 0 Å². The maximum absolute atomic E-state index is 13.4. The largest absolute Gasteiger partial charge is 0.368 e. The lowest BCUT2D eigenvalue weighted by molar-refractivity contribution is 0.0746. The maximum atomic E-state index is 13.4. The third kappa shape index (κ3) is 4.25. The summed E-state index contributed by atoms with van der Waals surface area (Å²) in [6.45, 7) is 11.8. The molecule has 0 atom stereocenters. The zero-order valence-electron chi connectivity index (χ0n) is 20.4.